The molecule has 1 fully saturated rings. The summed E-state index contributed by atoms with van der Waals surface area (Å²) in [4.78, 5) is 38.1. The standard InChI is InChI=1S/C52H47N5O6/c1-35(2)47(59)55-50-54-46-43(48(60)56-50)53-34-57(46)49-45(63-52(39-27-15-6-16-28-39,40-29-17-7-18-30-40)41-31-19-8-20-32-41)44(58)42(62-49)33-61-51(36-21-9-3-10-22-36,37-23-11-4-12-24-37)38-25-13-5-14-26-38/h3-32,34-35,42,44-45,49,58H,33H2,1-2H3,(H2,54,55,56,59,60)/t42-,44-,45-,49-/m1/s1. The van der Waals surface area contributed by atoms with Gasteiger partial charge in [0.05, 0.1) is 12.9 Å². The van der Waals surface area contributed by atoms with Gasteiger partial charge < -0.3 is 19.3 Å². The molecule has 3 N–H and O–H groups in total. The lowest BCUT2D eigenvalue weighted by Crippen LogP contribution is -2.45. The number of H-pyrrole nitrogens is 1. The van der Waals surface area contributed by atoms with Crippen molar-refractivity contribution < 1.29 is 24.1 Å². The topological polar surface area (TPSA) is 141 Å². The maximum atomic E-state index is 13.5. The Labute approximate surface area is 365 Å². The molecule has 0 radical (unpaired) electrons. The Balaban J connectivity index is 1.21. The fraction of sp³-hybridized carbons (Fsp3) is 0.192. The van der Waals surface area contributed by atoms with Gasteiger partial charge in [-0.05, 0) is 33.4 Å². The summed E-state index contributed by atoms with van der Waals surface area (Å²) in [6.07, 6.45) is -3.10. The van der Waals surface area contributed by atoms with Gasteiger partial charge in [-0.15, -0.1) is 0 Å². The number of hydrogen-bond acceptors (Lipinski definition) is 8. The molecule has 0 unspecified atom stereocenters. The van der Waals surface area contributed by atoms with E-state index in [1.54, 1.807) is 18.4 Å². The van der Waals surface area contributed by atoms with Crippen molar-refractivity contribution in [2.24, 2.45) is 5.92 Å². The van der Waals surface area contributed by atoms with Gasteiger partial charge in [0.1, 0.15) is 29.5 Å². The smallest absolute Gasteiger partial charge is 0.280 e. The fourth-order valence-corrected chi connectivity index (χ4v) is 8.54. The van der Waals surface area contributed by atoms with Crippen LogP contribution in [0.25, 0.3) is 11.2 Å². The van der Waals surface area contributed by atoms with Crippen LogP contribution in [0.5, 0.6) is 0 Å². The number of benzene rings is 6. The first-order valence-electron chi connectivity index (χ1n) is 21.1. The van der Waals surface area contributed by atoms with Crippen LogP contribution in [0.2, 0.25) is 0 Å². The highest BCUT2D eigenvalue weighted by molar-refractivity contribution is 5.91. The highest BCUT2D eigenvalue weighted by atomic mass is 16.6. The lowest BCUT2D eigenvalue weighted by molar-refractivity contribution is -0.122. The third-order valence-electron chi connectivity index (χ3n) is 11.6. The van der Waals surface area contributed by atoms with Crippen molar-refractivity contribution in [1.29, 1.82) is 0 Å². The monoisotopic (exact) mass is 837 g/mol. The normalized spacial score (nSPS) is 17.8. The number of ether oxygens (including phenoxy) is 3. The van der Waals surface area contributed by atoms with E-state index in [4.69, 9.17) is 14.2 Å². The van der Waals surface area contributed by atoms with Crippen LogP contribution in [-0.2, 0) is 30.2 Å². The predicted octanol–water partition coefficient (Wildman–Crippen LogP) is 8.36. The van der Waals surface area contributed by atoms with Gasteiger partial charge >= 0.3 is 0 Å². The van der Waals surface area contributed by atoms with E-state index in [0.717, 1.165) is 33.4 Å². The molecule has 0 saturated carbocycles. The maximum absolute atomic E-state index is 13.5. The van der Waals surface area contributed by atoms with Crippen molar-refractivity contribution in [3.63, 3.8) is 0 Å². The molecule has 1 saturated heterocycles. The van der Waals surface area contributed by atoms with Crippen LogP contribution < -0.4 is 10.9 Å². The molecule has 316 valence electrons. The summed E-state index contributed by atoms with van der Waals surface area (Å²) < 4.78 is 23.4. The zero-order valence-electron chi connectivity index (χ0n) is 34.8. The van der Waals surface area contributed by atoms with Crippen LogP contribution in [0, 0.1) is 5.92 Å². The number of imidazole rings is 1. The SMILES string of the molecule is CC(C)C(=O)Nc1nc2c(ncn2[C@@H]2O[C@H](COC(c3ccccc3)(c3ccccc3)c3ccccc3)[C@@H](O)[C@H]2OC(c2ccccc2)(c2ccccc2)c2ccccc2)c(=O)[nH]1. The Bertz CT molecular complexity index is 2630. The molecular weight excluding hydrogens is 791 g/mol. The first-order valence-corrected chi connectivity index (χ1v) is 21.1. The lowest BCUT2D eigenvalue weighted by Gasteiger charge is -2.40. The van der Waals surface area contributed by atoms with Gasteiger partial charge in [-0.25, -0.2) is 4.98 Å². The highest BCUT2D eigenvalue weighted by Gasteiger charge is 2.52. The number of hydrogen-bond donors (Lipinski definition) is 3. The van der Waals surface area contributed by atoms with Gasteiger partial charge in [-0.2, -0.15) is 4.98 Å². The Kier molecular flexibility index (Phi) is 11.7. The molecule has 3 heterocycles. The second kappa shape index (κ2) is 17.8. The first kappa shape index (κ1) is 41.3. The number of aliphatic hydroxyl groups is 1. The Morgan fingerprint density at radius 3 is 1.52 bits per heavy atom. The van der Waals surface area contributed by atoms with Crippen LogP contribution in [0.15, 0.2) is 193 Å². The molecule has 1 amide bonds. The van der Waals surface area contributed by atoms with Crippen LogP contribution in [-0.4, -0.2) is 55.5 Å². The molecule has 9 rings (SSSR count). The van der Waals surface area contributed by atoms with Crippen LogP contribution in [0.4, 0.5) is 5.95 Å². The largest absolute Gasteiger partial charge is 0.387 e. The maximum Gasteiger partial charge on any atom is 0.280 e. The van der Waals surface area contributed by atoms with Gasteiger partial charge in [0.15, 0.2) is 17.4 Å². The van der Waals surface area contributed by atoms with E-state index in [9.17, 15) is 14.7 Å². The number of rotatable bonds is 14. The summed E-state index contributed by atoms with van der Waals surface area (Å²) in [6.45, 7) is 3.39. The van der Waals surface area contributed by atoms with Gasteiger partial charge in [0.25, 0.3) is 5.56 Å². The van der Waals surface area contributed by atoms with Crippen molar-refractivity contribution in [2.45, 2.75) is 49.6 Å². The number of carbonyl (C=O) groups is 1. The molecule has 63 heavy (non-hydrogen) atoms. The van der Waals surface area contributed by atoms with Crippen molar-refractivity contribution in [3.05, 3.63) is 232 Å². The summed E-state index contributed by atoms with van der Waals surface area (Å²) in [7, 11) is 0. The zero-order chi connectivity index (χ0) is 43.4. The third-order valence-corrected chi connectivity index (χ3v) is 11.6. The second-order valence-corrected chi connectivity index (χ2v) is 15.9. The summed E-state index contributed by atoms with van der Waals surface area (Å²) in [6, 6.07) is 59.6. The summed E-state index contributed by atoms with van der Waals surface area (Å²) in [5.41, 5.74) is 2.28. The molecule has 11 heteroatoms. The Morgan fingerprint density at radius 2 is 1.11 bits per heavy atom. The number of aromatic amines is 1. The fourth-order valence-electron chi connectivity index (χ4n) is 8.54. The quantitative estimate of drug-likeness (QED) is 0.0929. The molecule has 2 aromatic heterocycles. The van der Waals surface area contributed by atoms with E-state index in [0.29, 0.717) is 0 Å². The predicted molar refractivity (Wildman–Crippen MR) is 241 cm³/mol. The Morgan fingerprint density at radius 1 is 0.698 bits per heavy atom. The summed E-state index contributed by atoms with van der Waals surface area (Å²) >= 11 is 0. The molecule has 0 aliphatic carbocycles. The molecule has 4 atom stereocenters. The number of aromatic nitrogens is 4. The van der Waals surface area contributed by atoms with Crippen LogP contribution in [0.3, 0.4) is 0 Å². The van der Waals surface area contributed by atoms with Crippen molar-refractivity contribution in [2.75, 3.05) is 11.9 Å². The second-order valence-electron chi connectivity index (χ2n) is 15.9. The molecule has 0 spiro atoms. The average Bonchev–Trinajstić information content (AvgIpc) is 3.90. The molecular formula is C52H47N5O6. The van der Waals surface area contributed by atoms with E-state index in [2.05, 4.69) is 20.3 Å². The van der Waals surface area contributed by atoms with E-state index in [-0.39, 0.29) is 35.5 Å². The third kappa shape index (κ3) is 7.76. The van der Waals surface area contributed by atoms with Gasteiger partial charge in [0, 0.05) is 5.92 Å². The van der Waals surface area contributed by atoms with Crippen molar-refractivity contribution in [1.82, 2.24) is 19.5 Å². The number of nitrogens with one attached hydrogen (secondary N) is 2. The Hall–Kier alpha value is -7.02. The minimum absolute atomic E-state index is 0.0192. The van der Waals surface area contributed by atoms with Crippen LogP contribution in [0.1, 0.15) is 53.5 Å². The molecule has 1 aliphatic heterocycles. The number of amides is 1. The number of anilines is 1. The molecule has 0 bridgehead atoms. The zero-order valence-corrected chi connectivity index (χ0v) is 34.8. The number of nitrogens with zero attached hydrogens (tertiary/aromatic N) is 3. The van der Waals surface area contributed by atoms with E-state index >= 15 is 0 Å². The van der Waals surface area contributed by atoms with E-state index < -0.39 is 41.3 Å². The molecule has 1 aliphatic rings. The minimum atomic E-state index is -1.31. The molecule has 11 nitrogen and oxygen atoms in total. The van der Waals surface area contributed by atoms with Gasteiger partial charge in [-0.3, -0.25) is 24.5 Å². The van der Waals surface area contributed by atoms with Crippen LogP contribution >= 0.6 is 0 Å². The highest BCUT2D eigenvalue weighted by Crippen LogP contribution is 2.47. The van der Waals surface area contributed by atoms with E-state index in [1.165, 1.54) is 6.33 Å². The van der Waals surface area contributed by atoms with Gasteiger partial charge in [0.2, 0.25) is 11.9 Å². The molecule has 8 aromatic rings. The average molecular weight is 838 g/mol. The first-order chi connectivity index (χ1) is 30.8. The van der Waals surface area contributed by atoms with Crippen molar-refractivity contribution in [3.8, 4) is 0 Å². The van der Waals surface area contributed by atoms with Crippen molar-refractivity contribution >= 4 is 23.0 Å². The lowest BCUT2D eigenvalue weighted by atomic mass is 9.79. The number of fused-ring (bicyclic) bond motifs is 1. The molecule has 6 aromatic carbocycles. The van der Waals surface area contributed by atoms with Gasteiger partial charge in [-0.1, -0.05) is 196 Å². The number of carbonyl (C=O) groups excluding carboxylic acids is 1. The minimum Gasteiger partial charge on any atom is -0.387 e. The van der Waals surface area contributed by atoms with E-state index in [1.807, 2.05) is 182 Å². The number of aliphatic hydroxyl groups excluding tert-OH is 1. The summed E-state index contributed by atoms with van der Waals surface area (Å²) in [5.74, 6) is -0.749. The summed E-state index contributed by atoms with van der Waals surface area (Å²) in [5, 5.41) is 15.6.